The van der Waals surface area contributed by atoms with Crippen LogP contribution in [-0.2, 0) is 0 Å². The van der Waals surface area contributed by atoms with Crippen LogP contribution < -0.4 is 0 Å². The summed E-state index contributed by atoms with van der Waals surface area (Å²) in [5.74, 6) is 0. The van der Waals surface area contributed by atoms with Gasteiger partial charge in [-0.2, -0.15) is 0 Å². The van der Waals surface area contributed by atoms with E-state index in [1.807, 2.05) is 17.8 Å². The maximum absolute atomic E-state index is 3.64. The van der Waals surface area contributed by atoms with Gasteiger partial charge in [0.25, 0.3) is 0 Å². The fourth-order valence-electron chi connectivity index (χ4n) is 0.606. The van der Waals surface area contributed by atoms with Gasteiger partial charge in [-0.1, -0.05) is 32.6 Å². The molecule has 0 radical (unpaired) electrons. The largest absolute Gasteiger partial charge is 0.128 e. The highest BCUT2D eigenvalue weighted by Gasteiger charge is 1.98. The second-order valence-corrected chi connectivity index (χ2v) is 4.03. The molecule has 0 aromatic rings. The van der Waals surface area contributed by atoms with Gasteiger partial charge in [0, 0.05) is 5.25 Å². The van der Waals surface area contributed by atoms with E-state index in [1.54, 1.807) is 0 Å². The molecule has 0 aromatic carbocycles. The average Bonchev–Trinajstić information content (AvgIpc) is 1.88. The zero-order chi connectivity index (χ0) is 7.98. The molecule has 10 heavy (non-hydrogen) atoms. The van der Waals surface area contributed by atoms with E-state index in [-0.39, 0.29) is 0 Å². The first-order valence-corrected chi connectivity index (χ1v) is 4.54. The molecule has 1 heteroatoms. The van der Waals surface area contributed by atoms with Gasteiger partial charge in [-0.25, -0.2) is 0 Å². The molecule has 0 amide bonds. The van der Waals surface area contributed by atoms with Crippen molar-refractivity contribution in [1.82, 2.24) is 0 Å². The van der Waals surface area contributed by atoms with Crippen molar-refractivity contribution >= 4 is 11.8 Å². The summed E-state index contributed by atoms with van der Waals surface area (Å²) in [5, 5.41) is 0.733. The summed E-state index contributed by atoms with van der Waals surface area (Å²) in [6.45, 7) is 10.2. The van der Waals surface area contributed by atoms with Crippen molar-refractivity contribution < 1.29 is 0 Å². The van der Waals surface area contributed by atoms with Crippen LogP contribution in [0.4, 0.5) is 0 Å². The van der Waals surface area contributed by atoms with E-state index in [4.69, 9.17) is 0 Å². The van der Waals surface area contributed by atoms with Gasteiger partial charge in [0.1, 0.15) is 0 Å². The van der Waals surface area contributed by atoms with Crippen LogP contribution >= 0.6 is 11.8 Å². The summed E-state index contributed by atoms with van der Waals surface area (Å²) in [4.78, 5) is 1.35. The van der Waals surface area contributed by atoms with Gasteiger partial charge < -0.3 is 0 Å². The molecule has 0 heterocycles. The molecule has 1 unspecified atom stereocenters. The normalized spacial score (nSPS) is 14.9. The van der Waals surface area contributed by atoms with E-state index < -0.39 is 0 Å². The Labute approximate surface area is 68.4 Å². The van der Waals surface area contributed by atoms with Crippen LogP contribution in [0, 0.1) is 0 Å². The molecule has 0 saturated heterocycles. The first kappa shape index (κ1) is 9.83. The number of rotatable bonds is 4. The standard InChI is InChI=1S/C9H16S/c1-5-7-9(4)10-8(3)6-2/h5,7-8H,1,6H2,2-4H3/b9-7+. The number of hydrogen-bond donors (Lipinski definition) is 0. The molecule has 58 valence electrons. The third-order valence-corrected chi connectivity index (χ3v) is 2.56. The third-order valence-electron chi connectivity index (χ3n) is 1.31. The quantitative estimate of drug-likeness (QED) is 0.560. The molecule has 0 saturated carbocycles. The predicted molar refractivity (Wildman–Crippen MR) is 51.3 cm³/mol. The molecule has 0 aliphatic carbocycles. The lowest BCUT2D eigenvalue weighted by Crippen LogP contribution is -1.90. The first-order valence-electron chi connectivity index (χ1n) is 3.66. The maximum atomic E-state index is 3.64. The van der Waals surface area contributed by atoms with E-state index in [1.165, 1.54) is 11.3 Å². The molecule has 0 nitrogen and oxygen atoms in total. The minimum atomic E-state index is 0.733. The maximum Gasteiger partial charge on any atom is 0.00601 e. The fraction of sp³-hybridized carbons (Fsp3) is 0.556. The van der Waals surface area contributed by atoms with Gasteiger partial charge in [-0.15, -0.1) is 11.8 Å². The van der Waals surface area contributed by atoms with Crippen LogP contribution in [0.1, 0.15) is 27.2 Å². The summed E-state index contributed by atoms with van der Waals surface area (Å²) < 4.78 is 0. The zero-order valence-electron chi connectivity index (χ0n) is 7.05. The molecule has 0 rings (SSSR count). The number of thioether (sulfide) groups is 1. The van der Waals surface area contributed by atoms with Crippen molar-refractivity contribution in [3.8, 4) is 0 Å². The van der Waals surface area contributed by atoms with E-state index in [0.29, 0.717) is 0 Å². The lowest BCUT2D eigenvalue weighted by Gasteiger charge is -2.06. The number of allylic oxidation sites excluding steroid dienone is 3. The van der Waals surface area contributed by atoms with Crippen molar-refractivity contribution in [1.29, 1.82) is 0 Å². The van der Waals surface area contributed by atoms with E-state index in [0.717, 1.165) is 5.25 Å². The molecule has 0 fully saturated rings. The topological polar surface area (TPSA) is 0 Å². The number of hydrogen-bond acceptors (Lipinski definition) is 1. The molecule has 0 aliphatic heterocycles. The van der Waals surface area contributed by atoms with Crippen molar-refractivity contribution in [3.05, 3.63) is 23.6 Å². The summed E-state index contributed by atoms with van der Waals surface area (Å²) in [6, 6.07) is 0. The molecule has 1 atom stereocenters. The van der Waals surface area contributed by atoms with Gasteiger partial charge in [-0.3, -0.25) is 0 Å². The average molecular weight is 156 g/mol. The summed E-state index contributed by atoms with van der Waals surface area (Å²) in [6.07, 6.45) is 5.12. The first-order chi connectivity index (χ1) is 4.70. The Kier molecular flexibility index (Phi) is 5.51. The Morgan fingerprint density at radius 2 is 2.30 bits per heavy atom. The predicted octanol–water partition coefficient (Wildman–Crippen LogP) is 3.61. The van der Waals surface area contributed by atoms with Crippen LogP contribution in [0.15, 0.2) is 23.6 Å². The van der Waals surface area contributed by atoms with Crippen LogP contribution in [0.3, 0.4) is 0 Å². The highest BCUT2D eigenvalue weighted by molar-refractivity contribution is 8.03. The highest BCUT2D eigenvalue weighted by atomic mass is 32.2. The SMILES string of the molecule is C=C/C=C(\C)SC(C)CC. The smallest absolute Gasteiger partial charge is 0.00601 e. The van der Waals surface area contributed by atoms with Crippen LogP contribution in [0.2, 0.25) is 0 Å². The van der Waals surface area contributed by atoms with Crippen molar-refractivity contribution in [2.75, 3.05) is 0 Å². The van der Waals surface area contributed by atoms with Crippen LogP contribution in [-0.4, -0.2) is 5.25 Å². The van der Waals surface area contributed by atoms with Crippen molar-refractivity contribution in [2.45, 2.75) is 32.4 Å². The Bertz CT molecular complexity index is 125. The lowest BCUT2D eigenvalue weighted by atomic mass is 10.4. The minimum Gasteiger partial charge on any atom is -0.128 e. The van der Waals surface area contributed by atoms with Gasteiger partial charge >= 0.3 is 0 Å². The molecule has 0 bridgehead atoms. The molecular formula is C9H16S. The van der Waals surface area contributed by atoms with Gasteiger partial charge in [0.15, 0.2) is 0 Å². The van der Waals surface area contributed by atoms with Crippen LogP contribution in [0.25, 0.3) is 0 Å². The van der Waals surface area contributed by atoms with E-state index in [2.05, 4.69) is 33.4 Å². The zero-order valence-corrected chi connectivity index (χ0v) is 7.87. The molecule has 0 spiro atoms. The Morgan fingerprint density at radius 1 is 1.70 bits per heavy atom. The Hall–Kier alpha value is -0.170. The van der Waals surface area contributed by atoms with E-state index in [9.17, 15) is 0 Å². The molecule has 0 aliphatic rings. The highest BCUT2D eigenvalue weighted by Crippen LogP contribution is 2.22. The van der Waals surface area contributed by atoms with Gasteiger partial charge in [0.2, 0.25) is 0 Å². The van der Waals surface area contributed by atoms with E-state index >= 15 is 0 Å². The second kappa shape index (κ2) is 5.60. The molecular weight excluding hydrogens is 140 g/mol. The van der Waals surface area contributed by atoms with Crippen LogP contribution in [0.5, 0.6) is 0 Å². The summed E-state index contributed by atoms with van der Waals surface area (Å²) >= 11 is 1.91. The monoisotopic (exact) mass is 156 g/mol. The summed E-state index contributed by atoms with van der Waals surface area (Å²) in [7, 11) is 0. The lowest BCUT2D eigenvalue weighted by molar-refractivity contribution is 0.909. The van der Waals surface area contributed by atoms with Crippen molar-refractivity contribution in [2.24, 2.45) is 0 Å². The van der Waals surface area contributed by atoms with Gasteiger partial charge in [0.05, 0.1) is 0 Å². The molecule has 0 aromatic heterocycles. The Morgan fingerprint density at radius 3 is 2.70 bits per heavy atom. The second-order valence-electron chi connectivity index (χ2n) is 2.35. The van der Waals surface area contributed by atoms with Crippen molar-refractivity contribution in [3.63, 3.8) is 0 Å². The minimum absolute atomic E-state index is 0.733. The molecule has 0 N–H and O–H groups in total. The van der Waals surface area contributed by atoms with Gasteiger partial charge in [-0.05, 0) is 18.2 Å². The third kappa shape index (κ3) is 4.68. The summed E-state index contributed by atoms with van der Waals surface area (Å²) in [5.41, 5.74) is 0. The fourth-order valence-corrected chi connectivity index (χ4v) is 1.58. The Balaban J connectivity index is 3.66.